The van der Waals surface area contributed by atoms with E-state index in [1.165, 1.54) is 0 Å². The molecule has 0 bridgehead atoms. The van der Waals surface area contributed by atoms with Crippen LogP contribution in [0.25, 0.3) is 0 Å². The third-order valence-corrected chi connectivity index (χ3v) is 1.96. The molecule has 1 N–H and O–H groups in total. The molecule has 0 radical (unpaired) electrons. The molecular formula is C10H10ClNO2. The molecule has 0 amide bonds. The van der Waals surface area contributed by atoms with Crippen LogP contribution in [0, 0.1) is 11.3 Å². The van der Waals surface area contributed by atoms with Crippen LogP contribution in [-0.4, -0.2) is 11.7 Å². The highest BCUT2D eigenvalue weighted by Gasteiger charge is 2.08. The maximum atomic E-state index is 9.48. The van der Waals surface area contributed by atoms with Crippen LogP contribution < -0.4 is 4.74 Å². The number of halogens is 1. The minimum atomic E-state index is -0.0739. The van der Waals surface area contributed by atoms with Gasteiger partial charge in [-0.3, -0.25) is 0 Å². The topological polar surface area (TPSA) is 53.2 Å². The predicted octanol–water partition coefficient (Wildman–Crippen LogP) is 2.51. The van der Waals surface area contributed by atoms with Crippen molar-refractivity contribution in [2.75, 3.05) is 6.61 Å². The van der Waals surface area contributed by atoms with Gasteiger partial charge in [0.1, 0.15) is 0 Å². The molecule has 1 aromatic rings. The monoisotopic (exact) mass is 211 g/mol. The summed E-state index contributed by atoms with van der Waals surface area (Å²) >= 11 is 5.75. The Bertz CT molecular complexity index is 371. The van der Waals surface area contributed by atoms with Crippen LogP contribution in [-0.2, 0) is 6.42 Å². The molecule has 1 rings (SSSR count). The molecule has 0 saturated carbocycles. The number of hydrogen-bond donors (Lipinski definition) is 1. The van der Waals surface area contributed by atoms with Crippen molar-refractivity contribution >= 4 is 11.6 Å². The van der Waals surface area contributed by atoms with Gasteiger partial charge >= 0.3 is 0 Å². The third-order valence-electron chi connectivity index (χ3n) is 1.67. The first-order valence-corrected chi connectivity index (χ1v) is 4.58. The number of phenolic OH excluding ortho intramolecular Hbond substituents is 1. The lowest BCUT2D eigenvalue weighted by atomic mass is 10.1. The lowest BCUT2D eigenvalue weighted by molar-refractivity contribution is 0.318. The molecule has 0 aliphatic carbocycles. The highest BCUT2D eigenvalue weighted by Crippen LogP contribution is 2.35. The van der Waals surface area contributed by atoms with E-state index in [-0.39, 0.29) is 17.2 Å². The maximum absolute atomic E-state index is 9.48. The van der Waals surface area contributed by atoms with E-state index < -0.39 is 0 Å². The van der Waals surface area contributed by atoms with Gasteiger partial charge in [-0.25, -0.2) is 0 Å². The zero-order valence-electron chi connectivity index (χ0n) is 7.75. The van der Waals surface area contributed by atoms with Crippen LogP contribution in [0.3, 0.4) is 0 Å². The first kappa shape index (κ1) is 10.7. The van der Waals surface area contributed by atoms with E-state index in [1.807, 2.05) is 13.0 Å². The summed E-state index contributed by atoms with van der Waals surface area (Å²) in [5, 5.41) is 18.2. The Morgan fingerprint density at radius 3 is 2.86 bits per heavy atom. The Morgan fingerprint density at radius 1 is 1.57 bits per heavy atom. The number of hydrogen-bond acceptors (Lipinski definition) is 3. The second kappa shape index (κ2) is 4.73. The van der Waals surface area contributed by atoms with Crippen molar-refractivity contribution in [3.8, 4) is 17.6 Å². The van der Waals surface area contributed by atoms with Gasteiger partial charge in [0.15, 0.2) is 11.5 Å². The Hall–Kier alpha value is -1.40. The lowest BCUT2D eigenvalue weighted by Gasteiger charge is -2.08. The van der Waals surface area contributed by atoms with Crippen molar-refractivity contribution in [1.29, 1.82) is 5.26 Å². The van der Waals surface area contributed by atoms with Gasteiger partial charge in [-0.1, -0.05) is 11.6 Å². The fourth-order valence-electron chi connectivity index (χ4n) is 1.09. The zero-order valence-corrected chi connectivity index (χ0v) is 8.51. The average molecular weight is 212 g/mol. The predicted molar refractivity (Wildman–Crippen MR) is 53.6 cm³/mol. The van der Waals surface area contributed by atoms with E-state index in [0.29, 0.717) is 12.4 Å². The van der Waals surface area contributed by atoms with Gasteiger partial charge in [-0.05, 0) is 24.6 Å². The molecule has 0 aliphatic heterocycles. The van der Waals surface area contributed by atoms with Crippen LogP contribution in [0.15, 0.2) is 12.1 Å². The van der Waals surface area contributed by atoms with Crippen molar-refractivity contribution in [2.24, 2.45) is 0 Å². The number of phenols is 1. The standard InChI is InChI=1S/C10H10ClNO2/c1-2-14-9-6-7(3-4-12)5-8(11)10(9)13/h5-6,13H,2-3H2,1H3. The minimum Gasteiger partial charge on any atom is -0.503 e. The third kappa shape index (κ3) is 2.30. The van der Waals surface area contributed by atoms with Crippen LogP contribution in [0.5, 0.6) is 11.5 Å². The van der Waals surface area contributed by atoms with Crippen molar-refractivity contribution in [1.82, 2.24) is 0 Å². The molecule has 0 saturated heterocycles. The first-order valence-electron chi connectivity index (χ1n) is 4.20. The summed E-state index contributed by atoms with van der Waals surface area (Å²) in [5.41, 5.74) is 0.735. The molecule has 0 heterocycles. The number of rotatable bonds is 3. The maximum Gasteiger partial charge on any atom is 0.176 e. The van der Waals surface area contributed by atoms with Gasteiger partial charge in [0.2, 0.25) is 0 Å². The van der Waals surface area contributed by atoms with Gasteiger partial charge in [0, 0.05) is 0 Å². The molecule has 74 valence electrons. The van der Waals surface area contributed by atoms with Gasteiger partial charge in [-0.2, -0.15) is 5.26 Å². The minimum absolute atomic E-state index is 0.0739. The van der Waals surface area contributed by atoms with E-state index in [4.69, 9.17) is 21.6 Å². The first-order chi connectivity index (χ1) is 6.69. The van der Waals surface area contributed by atoms with Crippen molar-refractivity contribution in [2.45, 2.75) is 13.3 Å². The average Bonchev–Trinajstić information content (AvgIpc) is 2.14. The molecule has 0 aromatic heterocycles. The van der Waals surface area contributed by atoms with E-state index in [2.05, 4.69) is 0 Å². The highest BCUT2D eigenvalue weighted by molar-refractivity contribution is 6.32. The Kier molecular flexibility index (Phi) is 3.61. The number of benzene rings is 1. The smallest absolute Gasteiger partial charge is 0.176 e. The van der Waals surface area contributed by atoms with Crippen molar-refractivity contribution in [3.05, 3.63) is 22.7 Å². The number of nitriles is 1. The Morgan fingerprint density at radius 2 is 2.29 bits per heavy atom. The second-order valence-corrected chi connectivity index (χ2v) is 3.10. The Labute approximate surface area is 87.5 Å². The van der Waals surface area contributed by atoms with Gasteiger partial charge < -0.3 is 9.84 Å². The van der Waals surface area contributed by atoms with E-state index in [9.17, 15) is 5.11 Å². The summed E-state index contributed by atoms with van der Waals surface area (Å²) in [6.07, 6.45) is 0.250. The van der Waals surface area contributed by atoms with E-state index in [1.54, 1.807) is 12.1 Å². The van der Waals surface area contributed by atoms with Crippen molar-refractivity contribution < 1.29 is 9.84 Å². The molecule has 0 atom stereocenters. The molecular weight excluding hydrogens is 202 g/mol. The second-order valence-electron chi connectivity index (χ2n) is 2.69. The highest BCUT2D eigenvalue weighted by atomic mass is 35.5. The molecule has 4 heteroatoms. The van der Waals surface area contributed by atoms with Crippen LogP contribution in [0.4, 0.5) is 0 Å². The molecule has 3 nitrogen and oxygen atoms in total. The quantitative estimate of drug-likeness (QED) is 0.836. The SMILES string of the molecule is CCOc1cc(CC#N)cc(Cl)c1O. The normalized spacial score (nSPS) is 9.50. The van der Waals surface area contributed by atoms with Gasteiger partial charge in [0.25, 0.3) is 0 Å². The fraction of sp³-hybridized carbons (Fsp3) is 0.300. The lowest BCUT2D eigenvalue weighted by Crippen LogP contribution is -1.93. The zero-order chi connectivity index (χ0) is 10.6. The van der Waals surface area contributed by atoms with Gasteiger partial charge in [-0.15, -0.1) is 0 Å². The van der Waals surface area contributed by atoms with E-state index >= 15 is 0 Å². The molecule has 1 aromatic carbocycles. The summed E-state index contributed by atoms with van der Waals surface area (Å²) in [6, 6.07) is 5.18. The Balaban J connectivity index is 3.08. The van der Waals surface area contributed by atoms with Crippen LogP contribution in [0.2, 0.25) is 5.02 Å². The molecule has 0 spiro atoms. The van der Waals surface area contributed by atoms with E-state index in [0.717, 1.165) is 5.56 Å². The summed E-state index contributed by atoms with van der Waals surface area (Å²) in [4.78, 5) is 0. The molecule has 14 heavy (non-hydrogen) atoms. The van der Waals surface area contributed by atoms with Crippen molar-refractivity contribution in [3.63, 3.8) is 0 Å². The molecule has 0 aliphatic rings. The molecule has 0 fully saturated rings. The van der Waals surface area contributed by atoms with Crippen LogP contribution in [0.1, 0.15) is 12.5 Å². The fourth-order valence-corrected chi connectivity index (χ4v) is 1.32. The largest absolute Gasteiger partial charge is 0.503 e. The number of aromatic hydroxyl groups is 1. The molecule has 0 unspecified atom stereocenters. The summed E-state index contributed by atoms with van der Waals surface area (Å²) in [6.45, 7) is 2.25. The number of nitrogens with zero attached hydrogens (tertiary/aromatic N) is 1. The van der Waals surface area contributed by atoms with Crippen LogP contribution >= 0.6 is 11.6 Å². The summed E-state index contributed by atoms with van der Waals surface area (Å²) in [5.74, 6) is 0.250. The summed E-state index contributed by atoms with van der Waals surface area (Å²) in [7, 11) is 0. The number of ether oxygens (including phenoxy) is 1. The van der Waals surface area contributed by atoms with Gasteiger partial charge in [0.05, 0.1) is 24.1 Å². The summed E-state index contributed by atoms with van der Waals surface area (Å²) < 4.78 is 5.16.